The quantitative estimate of drug-likeness (QED) is 0.427. The molecule has 0 saturated carbocycles. The van der Waals surface area contributed by atoms with Crippen LogP contribution in [0.4, 0.5) is 4.79 Å². The Hall–Kier alpha value is -2.69. The van der Waals surface area contributed by atoms with Crippen molar-refractivity contribution in [2.24, 2.45) is 11.8 Å². The molecule has 2 amide bonds. The van der Waals surface area contributed by atoms with Gasteiger partial charge >= 0.3 is 6.09 Å². The number of piperidine rings is 1. The van der Waals surface area contributed by atoms with Crippen LogP contribution in [0.25, 0.3) is 11.0 Å². The zero-order chi connectivity index (χ0) is 26.2. The Labute approximate surface area is 212 Å². The van der Waals surface area contributed by atoms with Gasteiger partial charge in [0, 0.05) is 52.9 Å². The molecule has 1 fully saturated rings. The van der Waals surface area contributed by atoms with Gasteiger partial charge in [-0.1, -0.05) is 26.0 Å². The first-order valence-corrected chi connectivity index (χ1v) is 12.7. The number of carbonyl (C=O) groups excluding carboxylic acids is 1. The number of imidazole rings is 1. The summed E-state index contributed by atoms with van der Waals surface area (Å²) < 4.78 is 12.3. The number of likely N-dealkylation sites (tertiary alicyclic amines) is 1. The third kappa shape index (κ3) is 6.74. The number of amides is 2. The van der Waals surface area contributed by atoms with Gasteiger partial charge in [-0.15, -0.1) is 0 Å². The first-order chi connectivity index (χ1) is 17.3. The summed E-state index contributed by atoms with van der Waals surface area (Å²) in [5.41, 5.74) is 1.65. The number of aryl methyl sites for hydroxylation is 1. The highest BCUT2D eigenvalue weighted by atomic mass is 16.5. The average Bonchev–Trinajstić information content (AvgIpc) is 3.23. The molecule has 0 aliphatic carbocycles. The average molecular weight is 505 g/mol. The molecule has 3 rings (SSSR count). The van der Waals surface area contributed by atoms with Crippen LogP contribution in [0.1, 0.15) is 43.7 Å². The fourth-order valence-corrected chi connectivity index (χ4v) is 4.98. The first-order valence-electron chi connectivity index (χ1n) is 12.7. The van der Waals surface area contributed by atoms with E-state index < -0.39 is 12.2 Å². The van der Waals surface area contributed by atoms with Crippen molar-refractivity contribution in [3.63, 3.8) is 0 Å². The Bertz CT molecular complexity index is 1010. The van der Waals surface area contributed by atoms with E-state index in [0.717, 1.165) is 23.9 Å². The Morgan fingerprint density at radius 2 is 1.92 bits per heavy atom. The second-order valence-electron chi connectivity index (χ2n) is 9.99. The summed E-state index contributed by atoms with van der Waals surface area (Å²) in [5, 5.41) is 20.4. The molecular formula is C26H40N4O6. The van der Waals surface area contributed by atoms with E-state index in [9.17, 15) is 19.8 Å². The molecule has 2 aromatic rings. The van der Waals surface area contributed by atoms with Crippen molar-refractivity contribution in [1.82, 2.24) is 19.4 Å². The maximum atomic E-state index is 14.1. The van der Waals surface area contributed by atoms with Crippen LogP contribution in [0.15, 0.2) is 24.3 Å². The van der Waals surface area contributed by atoms with Gasteiger partial charge < -0.3 is 34.1 Å². The summed E-state index contributed by atoms with van der Waals surface area (Å²) in [7, 11) is 3.18. The number of benzene rings is 1. The lowest BCUT2D eigenvalue weighted by Crippen LogP contribution is -2.57. The number of hydrogen-bond acceptors (Lipinski definition) is 6. The molecule has 1 aliphatic rings. The number of ether oxygens (including phenoxy) is 2. The topological polar surface area (TPSA) is 117 Å². The Kier molecular flexibility index (Phi) is 10.1. The molecule has 36 heavy (non-hydrogen) atoms. The fourth-order valence-electron chi connectivity index (χ4n) is 4.98. The highest BCUT2D eigenvalue weighted by molar-refractivity contribution is 5.95. The van der Waals surface area contributed by atoms with Crippen LogP contribution < -0.4 is 0 Å². The molecule has 2 N–H and O–H groups in total. The van der Waals surface area contributed by atoms with Gasteiger partial charge in [0.1, 0.15) is 0 Å². The van der Waals surface area contributed by atoms with Crippen LogP contribution in [0.3, 0.4) is 0 Å². The SMILES string of the molecule is COCCCCn1c(C(=O)N(CC(C)C)[C@H]2CC(C(O)COC)CN(C(=O)O)C2)nc2ccccc21. The number of carboxylic acid groups (broad SMARTS) is 1. The zero-order valence-electron chi connectivity index (χ0n) is 21.8. The molecular weight excluding hydrogens is 464 g/mol. The largest absolute Gasteiger partial charge is 0.465 e. The third-order valence-corrected chi connectivity index (χ3v) is 6.70. The van der Waals surface area contributed by atoms with E-state index in [1.807, 2.05) is 42.7 Å². The minimum absolute atomic E-state index is 0.111. The van der Waals surface area contributed by atoms with Crippen LogP contribution in [-0.4, -0.2) is 101 Å². The maximum Gasteiger partial charge on any atom is 0.407 e. The first kappa shape index (κ1) is 27.9. The molecule has 0 spiro atoms. The van der Waals surface area contributed by atoms with Crippen LogP contribution in [-0.2, 0) is 16.0 Å². The number of carbonyl (C=O) groups is 2. The summed E-state index contributed by atoms with van der Waals surface area (Å²) in [4.78, 5) is 33.8. The van der Waals surface area contributed by atoms with E-state index in [-0.39, 0.29) is 43.5 Å². The predicted molar refractivity (Wildman–Crippen MR) is 136 cm³/mol. The van der Waals surface area contributed by atoms with E-state index in [4.69, 9.17) is 14.5 Å². The minimum atomic E-state index is -1.06. The van der Waals surface area contributed by atoms with Crippen molar-refractivity contribution in [3.8, 4) is 0 Å². The molecule has 2 unspecified atom stereocenters. The van der Waals surface area contributed by atoms with E-state index in [0.29, 0.717) is 31.9 Å². The van der Waals surface area contributed by atoms with Crippen LogP contribution in [0.2, 0.25) is 0 Å². The summed E-state index contributed by atoms with van der Waals surface area (Å²) in [6, 6.07) is 7.31. The van der Waals surface area contributed by atoms with Gasteiger partial charge in [0.25, 0.3) is 5.91 Å². The van der Waals surface area contributed by atoms with Gasteiger partial charge in [0.2, 0.25) is 0 Å². The van der Waals surface area contributed by atoms with Gasteiger partial charge in [0.05, 0.1) is 29.8 Å². The van der Waals surface area contributed by atoms with E-state index in [2.05, 4.69) is 0 Å². The molecule has 0 bridgehead atoms. The van der Waals surface area contributed by atoms with Gasteiger partial charge in [-0.25, -0.2) is 9.78 Å². The predicted octanol–water partition coefficient (Wildman–Crippen LogP) is 2.94. The summed E-state index contributed by atoms with van der Waals surface area (Å²) in [6.07, 6.45) is 0.306. The number of nitrogens with zero attached hydrogens (tertiary/aromatic N) is 4. The lowest BCUT2D eigenvalue weighted by atomic mass is 9.88. The second-order valence-corrected chi connectivity index (χ2v) is 9.99. The van der Waals surface area contributed by atoms with Crippen molar-refractivity contribution in [2.75, 3.05) is 47.1 Å². The normalized spacial score (nSPS) is 19.1. The number of aromatic nitrogens is 2. The Morgan fingerprint density at radius 1 is 1.17 bits per heavy atom. The van der Waals surface area contributed by atoms with Gasteiger partial charge in [0.15, 0.2) is 5.82 Å². The van der Waals surface area contributed by atoms with Crippen LogP contribution in [0, 0.1) is 11.8 Å². The molecule has 10 nitrogen and oxygen atoms in total. The van der Waals surface area contributed by atoms with Gasteiger partial charge in [-0.3, -0.25) is 4.79 Å². The van der Waals surface area contributed by atoms with E-state index in [1.54, 1.807) is 12.0 Å². The molecule has 3 atom stereocenters. The van der Waals surface area contributed by atoms with Gasteiger partial charge in [-0.2, -0.15) is 0 Å². The van der Waals surface area contributed by atoms with Gasteiger partial charge in [-0.05, 0) is 37.3 Å². The van der Waals surface area contributed by atoms with E-state index in [1.165, 1.54) is 12.0 Å². The molecule has 0 radical (unpaired) electrons. The summed E-state index contributed by atoms with van der Waals surface area (Å²) in [6.45, 7) is 6.30. The van der Waals surface area contributed by atoms with Crippen LogP contribution in [0.5, 0.6) is 0 Å². The molecule has 1 aromatic carbocycles. The summed E-state index contributed by atoms with van der Waals surface area (Å²) in [5.74, 6) is -0.0364. The minimum Gasteiger partial charge on any atom is -0.465 e. The van der Waals surface area contributed by atoms with Crippen molar-refractivity contribution in [1.29, 1.82) is 0 Å². The number of methoxy groups -OCH3 is 2. The third-order valence-electron chi connectivity index (χ3n) is 6.70. The number of hydrogen-bond donors (Lipinski definition) is 2. The molecule has 1 saturated heterocycles. The highest BCUT2D eigenvalue weighted by Crippen LogP contribution is 2.27. The van der Waals surface area contributed by atoms with Crippen molar-refractivity contribution < 1.29 is 29.3 Å². The number of aliphatic hydroxyl groups excluding tert-OH is 1. The lowest BCUT2D eigenvalue weighted by Gasteiger charge is -2.43. The molecule has 2 heterocycles. The smallest absolute Gasteiger partial charge is 0.407 e. The Morgan fingerprint density at radius 3 is 2.58 bits per heavy atom. The number of aliphatic hydroxyl groups is 1. The molecule has 10 heteroatoms. The monoisotopic (exact) mass is 504 g/mol. The van der Waals surface area contributed by atoms with Crippen molar-refractivity contribution in [3.05, 3.63) is 30.1 Å². The van der Waals surface area contributed by atoms with Crippen LogP contribution >= 0.6 is 0 Å². The molecule has 200 valence electrons. The lowest BCUT2D eigenvalue weighted by molar-refractivity contribution is -0.0207. The fraction of sp³-hybridized carbons (Fsp3) is 0.654. The molecule has 1 aromatic heterocycles. The Balaban J connectivity index is 1.96. The number of unbranched alkanes of at least 4 members (excludes halogenated alkanes) is 1. The molecule has 1 aliphatic heterocycles. The zero-order valence-corrected chi connectivity index (χ0v) is 21.8. The standard InChI is InChI=1S/C26H40N4O6/c1-18(2)14-30(20-13-19(23(31)17-36-4)15-28(16-20)26(33)34)25(32)24-27-21-9-5-6-10-22(21)29(24)11-7-8-12-35-3/h5-6,9-10,18-20,23,31H,7-8,11-17H2,1-4H3,(H,33,34)/t19?,20-,23?/m0/s1. The number of para-hydroxylation sites is 2. The number of rotatable bonds is 12. The van der Waals surface area contributed by atoms with Crippen molar-refractivity contribution in [2.45, 2.75) is 51.8 Å². The second kappa shape index (κ2) is 13.0. The van der Waals surface area contributed by atoms with E-state index >= 15 is 0 Å². The summed E-state index contributed by atoms with van der Waals surface area (Å²) >= 11 is 0. The van der Waals surface area contributed by atoms with Crippen molar-refractivity contribution >= 4 is 23.0 Å². The number of fused-ring (bicyclic) bond motifs is 1. The maximum absolute atomic E-state index is 14.1. The highest BCUT2D eigenvalue weighted by Gasteiger charge is 2.39.